The molecule has 3 fully saturated rings. The zero-order chi connectivity index (χ0) is 55.4. The van der Waals surface area contributed by atoms with Gasteiger partial charge in [-0.2, -0.15) is 5.10 Å². The number of rotatable bonds is 41. The highest BCUT2D eigenvalue weighted by atomic mass is 16.6. The van der Waals surface area contributed by atoms with Crippen LogP contribution in [0.15, 0.2) is 64.7 Å². The lowest BCUT2D eigenvalue weighted by Crippen LogP contribution is -2.40. The summed E-state index contributed by atoms with van der Waals surface area (Å²) in [7, 11) is 0. The van der Waals surface area contributed by atoms with E-state index < -0.39 is 0 Å². The zero-order valence-electron chi connectivity index (χ0n) is 48.1. The van der Waals surface area contributed by atoms with Crippen molar-refractivity contribution in [3.63, 3.8) is 0 Å². The molecule has 3 heterocycles. The van der Waals surface area contributed by atoms with Gasteiger partial charge >= 0.3 is 0 Å². The molecule has 3 aromatic rings. The average molecular weight is 1090 g/mol. The van der Waals surface area contributed by atoms with Crippen LogP contribution >= 0.6 is 0 Å². The van der Waals surface area contributed by atoms with Crippen LogP contribution in [-0.2, 0) is 47.4 Å². The molecule has 1 saturated carbocycles. The van der Waals surface area contributed by atoms with Crippen molar-refractivity contribution in [2.45, 2.75) is 129 Å². The Kier molecular flexibility index (Phi) is 32.3. The summed E-state index contributed by atoms with van der Waals surface area (Å²) in [5, 5.41) is 16.5. The summed E-state index contributed by atoms with van der Waals surface area (Å²) in [6.07, 6.45) is 9.77. The summed E-state index contributed by atoms with van der Waals surface area (Å²) in [5.74, 6) is 9.33. The van der Waals surface area contributed by atoms with Gasteiger partial charge in [0, 0.05) is 50.0 Å². The number of aromatic nitrogens is 3. The number of aliphatic imine (C=N–C) groups is 1. The van der Waals surface area contributed by atoms with Gasteiger partial charge in [-0.05, 0) is 101 Å². The number of benzene rings is 2. The Morgan fingerprint density at radius 2 is 1.37 bits per heavy atom. The summed E-state index contributed by atoms with van der Waals surface area (Å²) in [6, 6.07) is 20.1. The van der Waals surface area contributed by atoms with Gasteiger partial charge in [-0.25, -0.2) is 0 Å². The molecule has 0 spiro atoms. The van der Waals surface area contributed by atoms with Crippen molar-refractivity contribution in [3.8, 4) is 5.75 Å². The standard InChI is InChI=1S/C57H90N8O11.C2H6/c1-5-21-67-24-26-69-28-29-70-27-25-68-23-19-59-41-52(61-58)43-75-35-34-72-31-30-71-32-33-73-36-37-76-54-15-12-47(13-16-54)50-39-51(40-50)56-63-62-46(4)65(56)45(3)38-53-14-11-44(2)64(53)20-17-55(48-9-7-6-8-10-48)60-57(66)49-18-22-74-42-49;1-2/h6-10,12-13,15-16,41,44-45,49-51,53,55H,5,11,14,17-40,42-43,58H2,1-4H3,(H,60,66);1-2H3/b59-41?,61-52+;. The molecule has 1 aromatic heterocycles. The quantitative estimate of drug-likeness (QED) is 0.0242. The SMILES string of the molecule is CC.CCCOCCOCCOCCOCCN=C/C(COCCOCCOCCOCCOc1ccc(C2CC(c3nnc(C)n3C(C)CC3CCC(C)N3CCC(NC(=O)C3CCOC3)c3ccccc3)C2)cc1)=N\N. The highest BCUT2D eigenvalue weighted by Crippen LogP contribution is 2.48. The average Bonchev–Trinajstić information content (AvgIpc) is 4.33. The van der Waals surface area contributed by atoms with Gasteiger partial charge in [-0.3, -0.25) is 14.7 Å². The summed E-state index contributed by atoms with van der Waals surface area (Å²) >= 11 is 0. The first kappa shape index (κ1) is 64.4. The van der Waals surface area contributed by atoms with Gasteiger partial charge in [0.2, 0.25) is 5.91 Å². The number of carbonyl (C=O) groups is 1. The molecular formula is C59H96N8O11. The maximum absolute atomic E-state index is 13.2. The Labute approximate surface area is 465 Å². The molecular weight excluding hydrogens is 997 g/mol. The van der Waals surface area contributed by atoms with E-state index in [0.717, 1.165) is 74.6 Å². The first-order valence-electron chi connectivity index (χ1n) is 29.1. The summed E-state index contributed by atoms with van der Waals surface area (Å²) < 4.78 is 58.3. The Hall–Kier alpha value is -4.41. The number of aryl methyl sites for hydroxylation is 1. The fourth-order valence-electron chi connectivity index (χ4n) is 10.1. The Morgan fingerprint density at radius 3 is 1.97 bits per heavy atom. The van der Waals surface area contributed by atoms with Gasteiger partial charge in [0.1, 0.15) is 29.7 Å². The van der Waals surface area contributed by atoms with Crippen LogP contribution in [0.3, 0.4) is 0 Å². The smallest absolute Gasteiger partial charge is 0.226 e. The largest absolute Gasteiger partial charge is 0.491 e. The van der Waals surface area contributed by atoms with Gasteiger partial charge in [-0.1, -0.05) is 63.2 Å². The van der Waals surface area contributed by atoms with Gasteiger partial charge in [0.05, 0.1) is 124 Å². The van der Waals surface area contributed by atoms with Crippen LogP contribution in [-0.4, -0.2) is 188 Å². The van der Waals surface area contributed by atoms with Crippen LogP contribution in [0.2, 0.25) is 0 Å². The molecule has 0 radical (unpaired) electrons. The Bertz CT molecular complexity index is 2070. The number of hydrogen-bond donors (Lipinski definition) is 2. The van der Waals surface area contributed by atoms with Gasteiger partial charge in [0.15, 0.2) is 0 Å². The minimum absolute atomic E-state index is 0.0303. The summed E-state index contributed by atoms with van der Waals surface area (Å²) in [5.41, 5.74) is 3.02. The predicted molar refractivity (Wildman–Crippen MR) is 304 cm³/mol. The Balaban J connectivity index is 0.00000554. The van der Waals surface area contributed by atoms with Crippen LogP contribution in [0, 0.1) is 12.8 Å². The normalized spacial score (nSPS) is 20.4. The van der Waals surface area contributed by atoms with Crippen molar-refractivity contribution in [2.24, 2.45) is 21.9 Å². The number of hydrogen-bond acceptors (Lipinski definition) is 17. The molecule has 3 N–H and O–H groups in total. The number of carbonyl (C=O) groups excluding carboxylic acids is 1. The van der Waals surface area contributed by atoms with E-state index in [-0.39, 0.29) is 30.5 Å². The van der Waals surface area contributed by atoms with Gasteiger partial charge in [-0.15, -0.1) is 10.2 Å². The lowest BCUT2D eigenvalue weighted by Gasteiger charge is -2.37. The van der Waals surface area contributed by atoms with E-state index in [2.05, 4.69) is 106 Å². The topological polar surface area (TPSA) is 206 Å². The van der Waals surface area contributed by atoms with Crippen LogP contribution in [0.1, 0.15) is 133 Å². The molecule has 2 aromatic carbocycles. The minimum Gasteiger partial charge on any atom is -0.491 e. The van der Waals surface area contributed by atoms with E-state index >= 15 is 0 Å². The van der Waals surface area contributed by atoms with Crippen molar-refractivity contribution in [3.05, 3.63) is 77.4 Å². The lowest BCUT2D eigenvalue weighted by atomic mass is 9.71. The van der Waals surface area contributed by atoms with Gasteiger partial charge < -0.3 is 63.1 Å². The molecule has 19 nitrogen and oxygen atoms in total. The number of nitrogens with zero attached hydrogens (tertiary/aromatic N) is 6. The molecule has 2 saturated heterocycles. The van der Waals surface area contributed by atoms with E-state index in [1.54, 1.807) is 6.21 Å². The monoisotopic (exact) mass is 1090 g/mol. The molecule has 1 aliphatic carbocycles. The first-order valence-corrected chi connectivity index (χ1v) is 29.1. The van der Waals surface area contributed by atoms with Crippen molar-refractivity contribution < 1.29 is 52.2 Å². The lowest BCUT2D eigenvalue weighted by molar-refractivity contribution is -0.125. The van der Waals surface area contributed by atoms with Crippen molar-refractivity contribution in [1.29, 1.82) is 0 Å². The first-order chi connectivity index (χ1) is 38.3. The highest BCUT2D eigenvalue weighted by Gasteiger charge is 2.38. The molecule has 3 aliphatic rings. The van der Waals surface area contributed by atoms with E-state index in [0.29, 0.717) is 148 Å². The summed E-state index contributed by atoms with van der Waals surface area (Å²) in [6.45, 7) is 23.8. The number of likely N-dealkylation sites (tertiary alicyclic amines) is 1. The fourth-order valence-corrected chi connectivity index (χ4v) is 10.1. The van der Waals surface area contributed by atoms with Crippen LogP contribution in [0.4, 0.5) is 0 Å². The molecule has 438 valence electrons. The van der Waals surface area contributed by atoms with E-state index in [9.17, 15) is 4.79 Å². The maximum Gasteiger partial charge on any atom is 0.226 e. The maximum atomic E-state index is 13.2. The zero-order valence-corrected chi connectivity index (χ0v) is 48.1. The van der Waals surface area contributed by atoms with Crippen LogP contribution in [0.5, 0.6) is 5.75 Å². The molecule has 6 rings (SSSR count). The second-order valence-corrected chi connectivity index (χ2v) is 20.0. The molecule has 1 amide bonds. The molecule has 19 heteroatoms. The third kappa shape index (κ3) is 23.4. The Morgan fingerprint density at radius 1 is 0.769 bits per heavy atom. The number of amides is 1. The molecule has 5 unspecified atom stereocenters. The predicted octanol–water partition coefficient (Wildman–Crippen LogP) is 7.67. The van der Waals surface area contributed by atoms with Crippen LogP contribution in [0.25, 0.3) is 0 Å². The van der Waals surface area contributed by atoms with Crippen molar-refractivity contribution >= 4 is 17.8 Å². The number of nitrogens with two attached hydrogens (primary N) is 1. The number of nitrogens with one attached hydrogen (secondary N) is 1. The molecule has 2 aliphatic heterocycles. The van der Waals surface area contributed by atoms with Gasteiger partial charge in [0.25, 0.3) is 0 Å². The van der Waals surface area contributed by atoms with Crippen LogP contribution < -0.4 is 15.9 Å². The highest BCUT2D eigenvalue weighted by molar-refractivity contribution is 6.31. The van der Waals surface area contributed by atoms with Crippen molar-refractivity contribution in [1.82, 2.24) is 25.0 Å². The van der Waals surface area contributed by atoms with Crippen molar-refractivity contribution in [2.75, 3.05) is 139 Å². The fraction of sp³-hybridized carbons (Fsp3) is 0.712. The van der Waals surface area contributed by atoms with E-state index in [1.807, 2.05) is 19.9 Å². The van der Waals surface area contributed by atoms with E-state index in [4.69, 9.17) is 58.3 Å². The number of ether oxygens (including phenoxy) is 10. The third-order valence-electron chi connectivity index (χ3n) is 14.3. The number of hydrazone groups is 1. The molecule has 78 heavy (non-hydrogen) atoms. The summed E-state index contributed by atoms with van der Waals surface area (Å²) in [4.78, 5) is 20.2. The second kappa shape index (κ2) is 39.1. The third-order valence-corrected chi connectivity index (χ3v) is 14.3. The minimum atomic E-state index is -0.0621. The molecule has 5 atom stereocenters. The second-order valence-electron chi connectivity index (χ2n) is 20.0. The molecule has 0 bridgehead atoms. The van der Waals surface area contributed by atoms with E-state index in [1.165, 1.54) is 18.4 Å².